The predicted molar refractivity (Wildman–Crippen MR) is 142 cm³/mol. The van der Waals surface area contributed by atoms with Gasteiger partial charge in [0.2, 0.25) is 5.91 Å². The Morgan fingerprint density at radius 1 is 1.00 bits per heavy atom. The summed E-state index contributed by atoms with van der Waals surface area (Å²) in [5.74, 6) is -0.112. The summed E-state index contributed by atoms with van der Waals surface area (Å²) in [5, 5.41) is 3.51. The smallest absolute Gasteiger partial charge is 0.321 e. The summed E-state index contributed by atoms with van der Waals surface area (Å²) in [6.07, 6.45) is 0.954. The number of carbonyl (C=O) groups is 3. The third-order valence-corrected chi connectivity index (χ3v) is 7.98. The monoisotopic (exact) mass is 525 g/mol. The van der Waals surface area contributed by atoms with Crippen LogP contribution in [0.1, 0.15) is 18.4 Å². The van der Waals surface area contributed by atoms with Crippen LogP contribution in [0.2, 0.25) is 5.02 Å². The highest BCUT2D eigenvalue weighted by Crippen LogP contribution is 2.39. The highest BCUT2D eigenvalue weighted by Gasteiger charge is 2.54. The Kier molecular flexibility index (Phi) is 7.26. The third-order valence-electron chi connectivity index (χ3n) is 7.57. The Labute approximate surface area is 221 Å². The van der Waals surface area contributed by atoms with Crippen LogP contribution < -0.4 is 10.2 Å². The number of nitrogens with zero attached hydrogens (tertiary/aromatic N) is 4. The molecule has 3 fully saturated rings. The number of para-hydroxylation sites is 1. The van der Waals surface area contributed by atoms with Crippen LogP contribution in [0.15, 0.2) is 48.5 Å². The van der Waals surface area contributed by atoms with Gasteiger partial charge in [-0.15, -0.1) is 0 Å². The SMILES string of the molecule is Cc1ccc(NC(=O)N2CCC3(CC2)C(=O)N(CC(=O)N2CCOCC2)CN3c2ccccc2)cc1Cl. The molecule has 0 atom stereocenters. The lowest BCUT2D eigenvalue weighted by atomic mass is 9.85. The van der Waals surface area contributed by atoms with Crippen LogP contribution in [0, 0.1) is 6.92 Å². The van der Waals surface area contributed by atoms with E-state index in [2.05, 4.69) is 10.2 Å². The molecule has 37 heavy (non-hydrogen) atoms. The van der Waals surface area contributed by atoms with Crippen molar-refractivity contribution in [2.45, 2.75) is 25.3 Å². The van der Waals surface area contributed by atoms with Gasteiger partial charge in [-0.1, -0.05) is 35.9 Å². The van der Waals surface area contributed by atoms with E-state index in [0.717, 1.165) is 11.3 Å². The Bertz CT molecular complexity index is 1160. The summed E-state index contributed by atoms with van der Waals surface area (Å²) in [7, 11) is 0. The van der Waals surface area contributed by atoms with E-state index in [1.807, 2.05) is 49.4 Å². The second-order valence-corrected chi connectivity index (χ2v) is 10.2. The van der Waals surface area contributed by atoms with Crippen LogP contribution in [0.5, 0.6) is 0 Å². The Morgan fingerprint density at radius 3 is 2.38 bits per heavy atom. The van der Waals surface area contributed by atoms with Crippen LogP contribution in [0.25, 0.3) is 0 Å². The zero-order valence-electron chi connectivity index (χ0n) is 21.0. The highest BCUT2D eigenvalue weighted by molar-refractivity contribution is 6.31. The van der Waals surface area contributed by atoms with E-state index in [1.54, 1.807) is 20.8 Å². The van der Waals surface area contributed by atoms with Crippen LogP contribution in [0.3, 0.4) is 0 Å². The number of morpholine rings is 1. The summed E-state index contributed by atoms with van der Waals surface area (Å²) in [4.78, 5) is 47.1. The van der Waals surface area contributed by atoms with Crippen molar-refractivity contribution in [3.05, 3.63) is 59.1 Å². The molecule has 0 aliphatic carbocycles. The number of aryl methyl sites for hydroxylation is 1. The quantitative estimate of drug-likeness (QED) is 0.662. The average molecular weight is 526 g/mol. The van der Waals surface area contributed by atoms with Crippen molar-refractivity contribution in [1.82, 2.24) is 14.7 Å². The topological polar surface area (TPSA) is 85.4 Å². The van der Waals surface area contributed by atoms with Crippen LogP contribution in [-0.2, 0) is 14.3 Å². The molecule has 3 aliphatic heterocycles. The van der Waals surface area contributed by atoms with E-state index < -0.39 is 5.54 Å². The Hall–Kier alpha value is -3.30. The number of anilines is 2. The molecule has 1 spiro atoms. The molecule has 0 saturated carbocycles. The van der Waals surface area contributed by atoms with Crippen molar-refractivity contribution in [1.29, 1.82) is 0 Å². The summed E-state index contributed by atoms with van der Waals surface area (Å²) in [5.41, 5.74) is 1.72. The number of benzene rings is 2. The lowest BCUT2D eigenvalue weighted by molar-refractivity contribution is -0.143. The molecule has 0 unspecified atom stereocenters. The van der Waals surface area contributed by atoms with Crippen LogP contribution in [0.4, 0.5) is 16.2 Å². The molecule has 3 saturated heterocycles. The second kappa shape index (κ2) is 10.6. The number of halogens is 1. The minimum absolute atomic E-state index is 0.0439. The van der Waals surface area contributed by atoms with Gasteiger partial charge in [-0.05, 0) is 49.6 Å². The number of amides is 4. The van der Waals surface area contributed by atoms with E-state index in [1.165, 1.54) is 0 Å². The number of ether oxygens (including phenoxy) is 1. The molecule has 3 aliphatic rings. The van der Waals surface area contributed by atoms with Crippen LogP contribution >= 0.6 is 11.6 Å². The summed E-state index contributed by atoms with van der Waals surface area (Å²) >= 11 is 6.21. The van der Waals surface area contributed by atoms with Gasteiger partial charge in [-0.25, -0.2) is 4.79 Å². The molecule has 0 aromatic heterocycles. The van der Waals surface area contributed by atoms with Gasteiger partial charge < -0.3 is 29.7 Å². The molecule has 3 heterocycles. The zero-order valence-corrected chi connectivity index (χ0v) is 21.7. The fourth-order valence-corrected chi connectivity index (χ4v) is 5.53. The molecule has 196 valence electrons. The summed E-state index contributed by atoms with van der Waals surface area (Å²) in [6, 6.07) is 15.0. The lowest BCUT2D eigenvalue weighted by Gasteiger charge is -2.43. The summed E-state index contributed by atoms with van der Waals surface area (Å²) in [6.45, 7) is 5.27. The van der Waals surface area contributed by atoms with E-state index >= 15 is 0 Å². The maximum atomic E-state index is 13.9. The molecular formula is C27H32ClN5O4. The number of nitrogens with one attached hydrogen (secondary N) is 1. The molecular weight excluding hydrogens is 494 g/mol. The van der Waals surface area contributed by atoms with Crippen molar-refractivity contribution >= 4 is 40.8 Å². The second-order valence-electron chi connectivity index (χ2n) is 9.81. The van der Waals surface area contributed by atoms with E-state index in [-0.39, 0.29) is 24.4 Å². The van der Waals surface area contributed by atoms with Crippen molar-refractivity contribution in [2.24, 2.45) is 0 Å². The standard InChI is InChI=1S/C27H32ClN5O4/c1-20-7-8-21(17-23(20)28)29-26(36)31-11-9-27(10-12-31)25(35)32(18-24(34)30-13-15-37-16-14-30)19-33(27)22-5-3-2-4-6-22/h2-8,17H,9-16,18-19H2,1H3,(H,29,36). The van der Waals surface area contributed by atoms with Gasteiger partial charge in [0.15, 0.2) is 0 Å². The number of carbonyl (C=O) groups excluding carboxylic acids is 3. The molecule has 0 bridgehead atoms. The first-order valence-corrected chi connectivity index (χ1v) is 13.0. The van der Waals surface area contributed by atoms with E-state index in [9.17, 15) is 14.4 Å². The minimum atomic E-state index is -0.795. The number of hydrogen-bond donors (Lipinski definition) is 1. The number of likely N-dealkylation sites (tertiary alicyclic amines) is 1. The minimum Gasteiger partial charge on any atom is -0.378 e. The van der Waals surface area contributed by atoms with Crippen molar-refractivity contribution in [2.75, 3.05) is 62.8 Å². The van der Waals surface area contributed by atoms with Crippen molar-refractivity contribution in [3.63, 3.8) is 0 Å². The number of urea groups is 1. The maximum absolute atomic E-state index is 13.9. The van der Waals surface area contributed by atoms with Gasteiger partial charge in [0.1, 0.15) is 12.1 Å². The van der Waals surface area contributed by atoms with Gasteiger partial charge in [-0.3, -0.25) is 9.59 Å². The molecule has 9 nitrogen and oxygen atoms in total. The first-order chi connectivity index (χ1) is 17.9. The number of hydrogen-bond acceptors (Lipinski definition) is 5. The Morgan fingerprint density at radius 2 is 1.70 bits per heavy atom. The first-order valence-electron chi connectivity index (χ1n) is 12.7. The number of rotatable bonds is 4. The first kappa shape index (κ1) is 25.4. The molecule has 1 N–H and O–H groups in total. The molecule has 2 aromatic carbocycles. The summed E-state index contributed by atoms with van der Waals surface area (Å²) < 4.78 is 5.36. The van der Waals surface area contributed by atoms with Gasteiger partial charge in [0.05, 0.1) is 19.9 Å². The van der Waals surface area contributed by atoms with E-state index in [4.69, 9.17) is 16.3 Å². The fourth-order valence-electron chi connectivity index (χ4n) is 5.35. The predicted octanol–water partition coefficient (Wildman–Crippen LogP) is 3.18. The van der Waals surface area contributed by atoms with Gasteiger partial charge in [0, 0.05) is 42.6 Å². The van der Waals surface area contributed by atoms with Crippen molar-refractivity contribution < 1.29 is 19.1 Å². The molecule has 4 amide bonds. The number of piperidine rings is 1. The average Bonchev–Trinajstić information content (AvgIpc) is 3.18. The molecule has 10 heteroatoms. The highest BCUT2D eigenvalue weighted by atomic mass is 35.5. The largest absolute Gasteiger partial charge is 0.378 e. The molecule has 2 aromatic rings. The van der Waals surface area contributed by atoms with Crippen molar-refractivity contribution in [3.8, 4) is 0 Å². The molecule has 5 rings (SSSR count). The van der Waals surface area contributed by atoms with Gasteiger partial charge in [0.25, 0.3) is 5.91 Å². The third kappa shape index (κ3) is 5.10. The van der Waals surface area contributed by atoms with Gasteiger partial charge >= 0.3 is 6.03 Å². The Balaban J connectivity index is 1.30. The lowest BCUT2D eigenvalue weighted by Crippen LogP contribution is -2.58. The fraction of sp³-hybridized carbons (Fsp3) is 0.444. The normalized spacial score (nSPS) is 19.5. The molecule has 0 radical (unpaired) electrons. The van der Waals surface area contributed by atoms with Gasteiger partial charge in [-0.2, -0.15) is 0 Å². The zero-order chi connectivity index (χ0) is 26.0. The van der Waals surface area contributed by atoms with E-state index in [0.29, 0.717) is 69.6 Å². The van der Waals surface area contributed by atoms with Crippen LogP contribution in [-0.4, -0.2) is 90.7 Å². The maximum Gasteiger partial charge on any atom is 0.321 e.